The molecule has 1 aromatic carbocycles. The summed E-state index contributed by atoms with van der Waals surface area (Å²) >= 11 is 0. The van der Waals surface area contributed by atoms with E-state index in [1.807, 2.05) is 0 Å². The lowest BCUT2D eigenvalue weighted by Gasteiger charge is -2.19. The van der Waals surface area contributed by atoms with Crippen LogP contribution in [0.15, 0.2) is 12.1 Å². The summed E-state index contributed by atoms with van der Waals surface area (Å²) in [5, 5.41) is 8.77. The Hall–Kier alpha value is -1.75. The molecule has 0 aliphatic carbocycles. The molecule has 2 rings (SSSR count). The lowest BCUT2D eigenvalue weighted by atomic mass is 10.1. The van der Waals surface area contributed by atoms with E-state index in [1.54, 1.807) is 0 Å². The van der Waals surface area contributed by atoms with Gasteiger partial charge in [0.2, 0.25) is 0 Å². The first-order chi connectivity index (χ1) is 6.68. The number of benzene rings is 1. The number of carbonyl (C=O) groups is 1. The molecule has 0 fully saturated rings. The van der Waals surface area contributed by atoms with Crippen molar-refractivity contribution in [1.82, 2.24) is 0 Å². The van der Waals surface area contributed by atoms with E-state index in [0.29, 0.717) is 23.6 Å². The SMILES string of the molecule is Nc1cc(C(=O)O)cc2c1COCO2. The highest BCUT2D eigenvalue weighted by atomic mass is 16.7. The highest BCUT2D eigenvalue weighted by molar-refractivity contribution is 5.90. The topological polar surface area (TPSA) is 81.8 Å². The third-order valence-corrected chi connectivity index (χ3v) is 2.03. The average molecular weight is 195 g/mol. The normalized spacial score (nSPS) is 14.3. The molecular weight excluding hydrogens is 186 g/mol. The van der Waals surface area contributed by atoms with Crippen LogP contribution in [-0.2, 0) is 11.3 Å². The van der Waals surface area contributed by atoms with Crippen LogP contribution in [0.3, 0.4) is 0 Å². The fourth-order valence-electron chi connectivity index (χ4n) is 1.32. The number of anilines is 1. The van der Waals surface area contributed by atoms with E-state index in [-0.39, 0.29) is 12.4 Å². The van der Waals surface area contributed by atoms with Crippen LogP contribution in [0.1, 0.15) is 15.9 Å². The Labute approximate surface area is 80.0 Å². The number of aromatic carboxylic acids is 1. The number of hydrogen-bond acceptors (Lipinski definition) is 4. The minimum absolute atomic E-state index is 0.128. The summed E-state index contributed by atoms with van der Waals surface area (Å²) in [6.07, 6.45) is 0. The molecule has 0 atom stereocenters. The Morgan fingerprint density at radius 2 is 2.29 bits per heavy atom. The molecule has 1 aliphatic rings. The van der Waals surface area contributed by atoms with E-state index in [1.165, 1.54) is 12.1 Å². The number of rotatable bonds is 1. The summed E-state index contributed by atoms with van der Waals surface area (Å²) in [4.78, 5) is 10.7. The second kappa shape index (κ2) is 3.19. The number of carboxylic acids is 1. The summed E-state index contributed by atoms with van der Waals surface area (Å²) < 4.78 is 10.2. The number of carboxylic acid groups (broad SMARTS) is 1. The predicted molar refractivity (Wildman–Crippen MR) is 48.1 cm³/mol. The Morgan fingerprint density at radius 3 is 3.00 bits per heavy atom. The molecule has 0 amide bonds. The quantitative estimate of drug-likeness (QED) is 0.648. The number of nitrogens with two attached hydrogens (primary N) is 1. The molecule has 74 valence electrons. The van der Waals surface area contributed by atoms with Gasteiger partial charge in [-0.2, -0.15) is 0 Å². The van der Waals surface area contributed by atoms with Crippen molar-refractivity contribution in [1.29, 1.82) is 0 Å². The first-order valence-corrected chi connectivity index (χ1v) is 4.04. The van der Waals surface area contributed by atoms with Crippen LogP contribution in [0.2, 0.25) is 0 Å². The highest BCUT2D eigenvalue weighted by Gasteiger charge is 2.16. The van der Waals surface area contributed by atoms with Crippen molar-refractivity contribution in [2.45, 2.75) is 6.61 Å². The van der Waals surface area contributed by atoms with Gasteiger partial charge in [0.25, 0.3) is 0 Å². The van der Waals surface area contributed by atoms with Crippen molar-refractivity contribution in [3.05, 3.63) is 23.3 Å². The van der Waals surface area contributed by atoms with Crippen molar-refractivity contribution in [3.63, 3.8) is 0 Å². The summed E-state index contributed by atoms with van der Waals surface area (Å²) in [6, 6.07) is 2.86. The van der Waals surface area contributed by atoms with Crippen molar-refractivity contribution in [2.75, 3.05) is 12.5 Å². The first kappa shape index (κ1) is 8.83. The van der Waals surface area contributed by atoms with Gasteiger partial charge < -0.3 is 20.3 Å². The van der Waals surface area contributed by atoms with Crippen LogP contribution in [-0.4, -0.2) is 17.9 Å². The third kappa shape index (κ3) is 1.38. The van der Waals surface area contributed by atoms with Gasteiger partial charge >= 0.3 is 5.97 Å². The van der Waals surface area contributed by atoms with Gasteiger partial charge in [-0.3, -0.25) is 0 Å². The molecular formula is C9H9NO4. The maximum Gasteiger partial charge on any atom is 0.335 e. The second-order valence-electron chi connectivity index (χ2n) is 2.96. The maximum atomic E-state index is 10.7. The lowest BCUT2D eigenvalue weighted by Crippen LogP contribution is -2.14. The molecule has 1 aromatic rings. The molecule has 1 heterocycles. The summed E-state index contributed by atoms with van der Waals surface area (Å²) in [5.74, 6) is -0.525. The zero-order valence-electron chi connectivity index (χ0n) is 7.32. The molecule has 0 radical (unpaired) electrons. The molecule has 0 unspecified atom stereocenters. The molecule has 5 heteroatoms. The van der Waals surface area contributed by atoms with E-state index in [0.717, 1.165) is 0 Å². The van der Waals surface area contributed by atoms with Gasteiger partial charge in [0.05, 0.1) is 12.2 Å². The third-order valence-electron chi connectivity index (χ3n) is 2.03. The minimum Gasteiger partial charge on any atom is -0.478 e. The highest BCUT2D eigenvalue weighted by Crippen LogP contribution is 2.30. The molecule has 1 aliphatic heterocycles. The van der Waals surface area contributed by atoms with Gasteiger partial charge in [-0.1, -0.05) is 0 Å². The van der Waals surface area contributed by atoms with Crippen LogP contribution in [0.4, 0.5) is 5.69 Å². The number of fused-ring (bicyclic) bond motifs is 1. The van der Waals surface area contributed by atoms with E-state index < -0.39 is 5.97 Å². The van der Waals surface area contributed by atoms with Crippen molar-refractivity contribution < 1.29 is 19.4 Å². The standard InChI is InChI=1S/C9H9NO4/c10-7-1-5(9(11)12)2-8-6(7)3-13-4-14-8/h1-2H,3-4,10H2,(H,11,12). The lowest BCUT2D eigenvalue weighted by molar-refractivity contribution is -0.0160. The van der Waals surface area contributed by atoms with Gasteiger partial charge in [-0.15, -0.1) is 0 Å². The summed E-state index contributed by atoms with van der Waals surface area (Å²) in [6.45, 7) is 0.497. The second-order valence-corrected chi connectivity index (χ2v) is 2.96. The van der Waals surface area contributed by atoms with Gasteiger partial charge in [0.1, 0.15) is 5.75 Å². The monoisotopic (exact) mass is 195 g/mol. The molecule has 0 saturated carbocycles. The Kier molecular flexibility index (Phi) is 2.01. The number of nitrogen functional groups attached to an aromatic ring is 1. The van der Waals surface area contributed by atoms with Gasteiger partial charge in [0.15, 0.2) is 6.79 Å². The van der Waals surface area contributed by atoms with Gasteiger partial charge in [-0.05, 0) is 12.1 Å². The number of ether oxygens (including phenoxy) is 2. The van der Waals surface area contributed by atoms with Crippen LogP contribution in [0, 0.1) is 0 Å². The Balaban J connectivity index is 2.51. The van der Waals surface area contributed by atoms with E-state index in [2.05, 4.69) is 0 Å². The zero-order chi connectivity index (χ0) is 10.1. The van der Waals surface area contributed by atoms with E-state index >= 15 is 0 Å². The minimum atomic E-state index is -1.02. The van der Waals surface area contributed by atoms with Crippen molar-refractivity contribution in [2.24, 2.45) is 0 Å². The molecule has 3 N–H and O–H groups in total. The fourth-order valence-corrected chi connectivity index (χ4v) is 1.32. The van der Waals surface area contributed by atoms with E-state index in [9.17, 15) is 4.79 Å². The predicted octanol–water partition coefficient (Wildman–Crippen LogP) is 0.834. The van der Waals surface area contributed by atoms with Crippen LogP contribution >= 0.6 is 0 Å². The first-order valence-electron chi connectivity index (χ1n) is 4.04. The molecule has 0 aromatic heterocycles. The molecule has 0 spiro atoms. The largest absolute Gasteiger partial charge is 0.478 e. The smallest absolute Gasteiger partial charge is 0.335 e. The molecule has 5 nitrogen and oxygen atoms in total. The molecule has 14 heavy (non-hydrogen) atoms. The maximum absolute atomic E-state index is 10.7. The molecule has 0 bridgehead atoms. The number of hydrogen-bond donors (Lipinski definition) is 2. The van der Waals surface area contributed by atoms with Crippen LogP contribution in [0.25, 0.3) is 0 Å². The molecule has 0 saturated heterocycles. The van der Waals surface area contributed by atoms with Crippen molar-refractivity contribution in [3.8, 4) is 5.75 Å². The van der Waals surface area contributed by atoms with Gasteiger partial charge in [0, 0.05) is 11.3 Å². The van der Waals surface area contributed by atoms with Crippen molar-refractivity contribution >= 4 is 11.7 Å². The van der Waals surface area contributed by atoms with E-state index in [4.69, 9.17) is 20.3 Å². The van der Waals surface area contributed by atoms with Crippen LogP contribution < -0.4 is 10.5 Å². The zero-order valence-corrected chi connectivity index (χ0v) is 7.32. The average Bonchev–Trinajstić information content (AvgIpc) is 2.17. The Bertz CT molecular complexity index is 389. The summed E-state index contributed by atoms with van der Waals surface area (Å²) in [7, 11) is 0. The Morgan fingerprint density at radius 1 is 1.50 bits per heavy atom. The van der Waals surface area contributed by atoms with Gasteiger partial charge in [-0.25, -0.2) is 4.79 Å². The fraction of sp³-hybridized carbons (Fsp3) is 0.222. The summed E-state index contributed by atoms with van der Waals surface area (Å²) in [5.41, 5.74) is 6.88. The van der Waals surface area contributed by atoms with Crippen LogP contribution in [0.5, 0.6) is 5.75 Å².